The quantitative estimate of drug-likeness (QED) is 0.852. The monoisotopic (exact) mass is 300 g/mol. The highest BCUT2D eigenvalue weighted by Gasteiger charge is 2.47. The van der Waals surface area contributed by atoms with Crippen molar-refractivity contribution in [1.82, 2.24) is 4.90 Å². The van der Waals surface area contributed by atoms with Crippen LogP contribution in [0.4, 0.5) is 0 Å². The highest BCUT2D eigenvalue weighted by Crippen LogP contribution is 2.46. The van der Waals surface area contributed by atoms with E-state index in [1.807, 2.05) is 0 Å². The molecule has 0 bridgehead atoms. The number of carbonyl (C=O) groups is 1. The molecule has 1 spiro atoms. The van der Waals surface area contributed by atoms with E-state index in [-0.39, 0.29) is 17.8 Å². The lowest BCUT2D eigenvalue weighted by Crippen LogP contribution is -2.46. The topological polar surface area (TPSA) is 46.3 Å². The molecule has 1 amide bonds. The van der Waals surface area contributed by atoms with E-state index in [0.717, 1.165) is 25.9 Å². The third kappa shape index (κ3) is 2.71. The van der Waals surface area contributed by atoms with Crippen LogP contribution in [0.15, 0.2) is 0 Å². The van der Waals surface area contributed by atoms with E-state index in [0.29, 0.717) is 17.9 Å². The van der Waals surface area contributed by atoms with E-state index in [1.165, 1.54) is 51.4 Å². The summed E-state index contributed by atoms with van der Waals surface area (Å²) in [4.78, 5) is 15.0. The lowest BCUT2D eigenvalue weighted by molar-refractivity contribution is -0.140. The number of hydrogen-bond acceptors (Lipinski definition) is 2. The SMILES string of the molecule is Cl.NCC1(C(=O)N2CCC3(CCCCC3)C2)CCCC1. The summed E-state index contributed by atoms with van der Waals surface area (Å²) >= 11 is 0. The van der Waals surface area contributed by atoms with Gasteiger partial charge in [0.15, 0.2) is 0 Å². The van der Waals surface area contributed by atoms with Crippen molar-refractivity contribution in [3.8, 4) is 0 Å². The minimum absolute atomic E-state index is 0. The molecule has 0 aromatic heterocycles. The first-order chi connectivity index (χ1) is 9.20. The van der Waals surface area contributed by atoms with Gasteiger partial charge in [0.1, 0.15) is 0 Å². The molecule has 3 fully saturated rings. The molecular weight excluding hydrogens is 272 g/mol. The van der Waals surface area contributed by atoms with Crippen LogP contribution >= 0.6 is 12.4 Å². The molecule has 1 heterocycles. The maximum absolute atomic E-state index is 12.9. The number of carbonyl (C=O) groups excluding carboxylic acids is 1. The third-order valence-electron chi connectivity index (χ3n) is 6.04. The van der Waals surface area contributed by atoms with Crippen molar-refractivity contribution in [2.24, 2.45) is 16.6 Å². The van der Waals surface area contributed by atoms with E-state index in [1.54, 1.807) is 0 Å². The summed E-state index contributed by atoms with van der Waals surface area (Å²) in [5.41, 5.74) is 6.24. The molecule has 3 aliphatic rings. The van der Waals surface area contributed by atoms with Crippen molar-refractivity contribution in [3.63, 3.8) is 0 Å². The molecule has 2 saturated carbocycles. The molecule has 0 atom stereocenters. The van der Waals surface area contributed by atoms with Crippen LogP contribution in [0.1, 0.15) is 64.2 Å². The Balaban J connectivity index is 0.00000147. The number of nitrogens with two attached hydrogens (primary N) is 1. The first kappa shape index (κ1) is 16.1. The smallest absolute Gasteiger partial charge is 0.230 e. The van der Waals surface area contributed by atoms with Crippen LogP contribution in [0.2, 0.25) is 0 Å². The molecule has 1 aliphatic heterocycles. The van der Waals surface area contributed by atoms with Gasteiger partial charge in [-0.1, -0.05) is 32.1 Å². The van der Waals surface area contributed by atoms with Crippen LogP contribution in [-0.4, -0.2) is 30.4 Å². The summed E-state index contributed by atoms with van der Waals surface area (Å²) in [6, 6.07) is 0. The van der Waals surface area contributed by atoms with E-state index >= 15 is 0 Å². The van der Waals surface area contributed by atoms with E-state index in [9.17, 15) is 4.79 Å². The van der Waals surface area contributed by atoms with Gasteiger partial charge in [-0.15, -0.1) is 12.4 Å². The average Bonchev–Trinajstić information content (AvgIpc) is 3.07. The summed E-state index contributed by atoms with van der Waals surface area (Å²) in [6.45, 7) is 2.56. The Bertz CT molecular complexity index is 346. The molecule has 0 radical (unpaired) electrons. The average molecular weight is 301 g/mol. The second-order valence-electron chi connectivity index (χ2n) is 7.23. The molecule has 2 N–H and O–H groups in total. The largest absolute Gasteiger partial charge is 0.342 e. The van der Waals surface area contributed by atoms with E-state index in [4.69, 9.17) is 5.73 Å². The second kappa shape index (κ2) is 6.23. The van der Waals surface area contributed by atoms with Crippen LogP contribution < -0.4 is 5.73 Å². The summed E-state index contributed by atoms with van der Waals surface area (Å²) in [7, 11) is 0. The van der Waals surface area contributed by atoms with Crippen molar-refractivity contribution in [3.05, 3.63) is 0 Å². The highest BCUT2D eigenvalue weighted by atomic mass is 35.5. The van der Waals surface area contributed by atoms with Gasteiger partial charge in [0.2, 0.25) is 5.91 Å². The highest BCUT2D eigenvalue weighted by molar-refractivity contribution is 5.85. The van der Waals surface area contributed by atoms with Crippen molar-refractivity contribution in [2.45, 2.75) is 64.2 Å². The van der Waals surface area contributed by atoms with Gasteiger partial charge in [0.05, 0.1) is 5.41 Å². The van der Waals surface area contributed by atoms with E-state index < -0.39 is 0 Å². The van der Waals surface area contributed by atoms with Crippen molar-refractivity contribution in [2.75, 3.05) is 19.6 Å². The molecule has 0 aromatic carbocycles. The van der Waals surface area contributed by atoms with Crippen LogP contribution in [0, 0.1) is 10.8 Å². The molecule has 116 valence electrons. The fourth-order valence-electron chi connectivity index (χ4n) is 4.71. The number of hydrogen-bond donors (Lipinski definition) is 1. The zero-order valence-electron chi connectivity index (χ0n) is 12.5. The number of amides is 1. The summed E-state index contributed by atoms with van der Waals surface area (Å²) in [5, 5.41) is 0. The number of halogens is 1. The summed E-state index contributed by atoms with van der Waals surface area (Å²) in [5.74, 6) is 0.384. The minimum Gasteiger partial charge on any atom is -0.342 e. The standard InChI is InChI=1S/C16H28N2O.ClH/c17-12-16(8-4-5-9-16)14(19)18-11-10-15(13-18)6-2-1-3-7-15;/h1-13,17H2;1H. The summed E-state index contributed by atoms with van der Waals surface area (Å²) in [6.07, 6.45) is 12.4. The van der Waals surface area contributed by atoms with Crippen LogP contribution in [0.3, 0.4) is 0 Å². The Morgan fingerprint density at radius 1 is 0.950 bits per heavy atom. The number of rotatable bonds is 2. The van der Waals surface area contributed by atoms with Crippen molar-refractivity contribution in [1.29, 1.82) is 0 Å². The normalized spacial score (nSPS) is 27.6. The van der Waals surface area contributed by atoms with Crippen LogP contribution in [-0.2, 0) is 4.79 Å². The van der Waals surface area contributed by atoms with Gasteiger partial charge >= 0.3 is 0 Å². The van der Waals surface area contributed by atoms with E-state index in [2.05, 4.69) is 4.90 Å². The van der Waals surface area contributed by atoms with Gasteiger partial charge in [0.25, 0.3) is 0 Å². The fraction of sp³-hybridized carbons (Fsp3) is 0.938. The number of nitrogens with zero attached hydrogens (tertiary/aromatic N) is 1. The molecule has 2 aliphatic carbocycles. The lowest BCUT2D eigenvalue weighted by atomic mass is 9.73. The van der Waals surface area contributed by atoms with Gasteiger partial charge in [-0.05, 0) is 37.5 Å². The molecule has 4 heteroatoms. The molecular formula is C16H29ClN2O. The Labute approximate surface area is 129 Å². The predicted octanol–water partition coefficient (Wildman–Crippen LogP) is 3.11. The molecule has 0 aromatic rings. The zero-order chi connectivity index (χ0) is 13.3. The lowest BCUT2D eigenvalue weighted by Gasteiger charge is -2.35. The van der Waals surface area contributed by atoms with Gasteiger partial charge in [-0.25, -0.2) is 0 Å². The van der Waals surface area contributed by atoms with Crippen LogP contribution in [0.25, 0.3) is 0 Å². The maximum Gasteiger partial charge on any atom is 0.230 e. The Morgan fingerprint density at radius 3 is 2.15 bits per heavy atom. The molecule has 0 unspecified atom stereocenters. The molecule has 20 heavy (non-hydrogen) atoms. The van der Waals surface area contributed by atoms with Crippen molar-refractivity contribution >= 4 is 18.3 Å². The molecule has 3 nitrogen and oxygen atoms in total. The Morgan fingerprint density at radius 2 is 1.55 bits per heavy atom. The summed E-state index contributed by atoms with van der Waals surface area (Å²) < 4.78 is 0. The maximum atomic E-state index is 12.9. The minimum atomic E-state index is -0.194. The van der Waals surface area contributed by atoms with Crippen LogP contribution in [0.5, 0.6) is 0 Å². The number of likely N-dealkylation sites (tertiary alicyclic amines) is 1. The van der Waals surface area contributed by atoms with Gasteiger partial charge in [0, 0.05) is 19.6 Å². The van der Waals surface area contributed by atoms with Gasteiger partial charge in [-0.3, -0.25) is 4.79 Å². The second-order valence-corrected chi connectivity index (χ2v) is 7.23. The third-order valence-corrected chi connectivity index (χ3v) is 6.04. The zero-order valence-corrected chi connectivity index (χ0v) is 13.3. The molecule has 3 rings (SSSR count). The van der Waals surface area contributed by atoms with Gasteiger partial charge in [-0.2, -0.15) is 0 Å². The predicted molar refractivity (Wildman–Crippen MR) is 83.9 cm³/mol. The Kier molecular flexibility index (Phi) is 5.01. The van der Waals surface area contributed by atoms with Crippen molar-refractivity contribution < 1.29 is 4.79 Å². The fourth-order valence-corrected chi connectivity index (χ4v) is 4.71. The first-order valence-corrected chi connectivity index (χ1v) is 8.19. The van der Waals surface area contributed by atoms with Gasteiger partial charge < -0.3 is 10.6 Å². The Hall–Kier alpha value is -0.280. The first-order valence-electron chi connectivity index (χ1n) is 8.19. The molecule has 1 saturated heterocycles.